The molecule has 1 unspecified atom stereocenters. The fraction of sp³-hybridized carbons (Fsp3) is 0.500. The van der Waals surface area contributed by atoms with E-state index < -0.39 is 6.10 Å². The third kappa shape index (κ3) is 2.57. The zero-order valence-corrected chi connectivity index (χ0v) is 8.41. The summed E-state index contributed by atoms with van der Waals surface area (Å²) in [6.45, 7) is 0. The largest absolute Gasteiger partial charge is 0.480 e. The standard InChI is InChI=1S/C8H12N2O2S/c1-12-8-7(6(11)5-13-2)9-3-4-10-8/h3-4,6,11H,5H2,1-2H3. The lowest BCUT2D eigenvalue weighted by molar-refractivity contribution is 0.192. The Morgan fingerprint density at radius 3 is 2.85 bits per heavy atom. The minimum absolute atomic E-state index is 0.393. The third-order valence-electron chi connectivity index (χ3n) is 1.52. The monoisotopic (exact) mass is 200 g/mol. The number of nitrogens with zero attached hydrogens (tertiary/aromatic N) is 2. The minimum Gasteiger partial charge on any atom is -0.480 e. The molecular weight excluding hydrogens is 188 g/mol. The van der Waals surface area contributed by atoms with Crippen LogP contribution in [0.3, 0.4) is 0 Å². The molecule has 1 heterocycles. The average Bonchev–Trinajstić information content (AvgIpc) is 2.18. The van der Waals surface area contributed by atoms with Crippen LogP contribution in [-0.2, 0) is 0 Å². The molecule has 0 amide bonds. The van der Waals surface area contributed by atoms with Crippen molar-refractivity contribution >= 4 is 11.8 Å². The summed E-state index contributed by atoms with van der Waals surface area (Å²) in [7, 11) is 1.51. The summed E-state index contributed by atoms with van der Waals surface area (Å²) in [6.07, 6.45) is 4.39. The number of methoxy groups -OCH3 is 1. The number of aromatic nitrogens is 2. The molecule has 0 aliphatic carbocycles. The van der Waals surface area contributed by atoms with E-state index in [1.165, 1.54) is 13.3 Å². The van der Waals surface area contributed by atoms with Gasteiger partial charge >= 0.3 is 0 Å². The summed E-state index contributed by atoms with van der Waals surface area (Å²) in [5, 5.41) is 9.63. The Morgan fingerprint density at radius 2 is 2.23 bits per heavy atom. The molecule has 0 saturated heterocycles. The molecule has 4 nitrogen and oxygen atoms in total. The van der Waals surface area contributed by atoms with E-state index in [1.807, 2.05) is 6.26 Å². The maximum Gasteiger partial charge on any atom is 0.238 e. The molecule has 1 aromatic heterocycles. The summed E-state index contributed by atoms with van der Waals surface area (Å²) in [5.74, 6) is 0.985. The summed E-state index contributed by atoms with van der Waals surface area (Å²) in [4.78, 5) is 7.96. The molecule has 1 rings (SSSR count). The van der Waals surface area contributed by atoms with Crippen molar-refractivity contribution in [3.63, 3.8) is 0 Å². The van der Waals surface area contributed by atoms with Gasteiger partial charge in [0, 0.05) is 18.1 Å². The Kier molecular flexibility index (Phi) is 3.98. The number of thioether (sulfide) groups is 1. The molecule has 0 aromatic carbocycles. The molecule has 0 saturated carbocycles. The highest BCUT2D eigenvalue weighted by molar-refractivity contribution is 7.98. The maximum atomic E-state index is 9.63. The van der Waals surface area contributed by atoms with E-state index in [-0.39, 0.29) is 0 Å². The van der Waals surface area contributed by atoms with Crippen molar-refractivity contribution in [2.45, 2.75) is 6.10 Å². The average molecular weight is 200 g/mol. The molecule has 72 valence electrons. The molecule has 1 atom stereocenters. The van der Waals surface area contributed by atoms with Crippen LogP contribution >= 0.6 is 11.8 Å². The summed E-state index contributed by atoms with van der Waals surface area (Å²) >= 11 is 1.55. The van der Waals surface area contributed by atoms with Crippen molar-refractivity contribution in [3.8, 4) is 5.88 Å². The van der Waals surface area contributed by atoms with Crippen LogP contribution in [0.15, 0.2) is 12.4 Å². The fourth-order valence-corrected chi connectivity index (χ4v) is 1.43. The Hall–Kier alpha value is -0.810. The van der Waals surface area contributed by atoms with Gasteiger partial charge in [-0.2, -0.15) is 11.8 Å². The van der Waals surface area contributed by atoms with Crippen LogP contribution < -0.4 is 4.74 Å². The zero-order chi connectivity index (χ0) is 9.68. The van der Waals surface area contributed by atoms with E-state index in [1.54, 1.807) is 18.0 Å². The second-order valence-electron chi connectivity index (χ2n) is 2.42. The molecule has 0 aliphatic heterocycles. The van der Waals surface area contributed by atoms with Crippen LogP contribution in [0.2, 0.25) is 0 Å². The van der Waals surface area contributed by atoms with Crippen LogP contribution in [0, 0.1) is 0 Å². The van der Waals surface area contributed by atoms with Crippen LogP contribution in [0.1, 0.15) is 11.8 Å². The lowest BCUT2D eigenvalue weighted by Gasteiger charge is -2.10. The first-order valence-electron chi connectivity index (χ1n) is 3.81. The van der Waals surface area contributed by atoms with Gasteiger partial charge in [-0.1, -0.05) is 0 Å². The van der Waals surface area contributed by atoms with E-state index in [0.717, 1.165) is 0 Å². The van der Waals surface area contributed by atoms with Crippen molar-refractivity contribution in [1.82, 2.24) is 9.97 Å². The van der Waals surface area contributed by atoms with Crippen LogP contribution in [0.4, 0.5) is 0 Å². The lowest BCUT2D eigenvalue weighted by atomic mass is 10.3. The zero-order valence-electron chi connectivity index (χ0n) is 7.60. The Labute approximate surface area is 81.4 Å². The molecule has 0 radical (unpaired) electrons. The van der Waals surface area contributed by atoms with Crippen molar-refractivity contribution < 1.29 is 9.84 Å². The topological polar surface area (TPSA) is 55.2 Å². The van der Waals surface area contributed by atoms with E-state index in [0.29, 0.717) is 17.3 Å². The minimum atomic E-state index is -0.612. The van der Waals surface area contributed by atoms with Gasteiger partial charge in [-0.05, 0) is 6.26 Å². The van der Waals surface area contributed by atoms with Crippen LogP contribution in [0.5, 0.6) is 5.88 Å². The number of hydrogen-bond acceptors (Lipinski definition) is 5. The van der Waals surface area contributed by atoms with E-state index in [4.69, 9.17) is 4.74 Å². The summed E-state index contributed by atoms with van der Waals surface area (Å²) in [5.41, 5.74) is 0.499. The molecule has 0 aliphatic rings. The van der Waals surface area contributed by atoms with Gasteiger partial charge in [0.15, 0.2) is 0 Å². The van der Waals surface area contributed by atoms with Crippen molar-refractivity contribution in [3.05, 3.63) is 18.1 Å². The van der Waals surface area contributed by atoms with Gasteiger partial charge in [-0.3, -0.25) is 4.98 Å². The van der Waals surface area contributed by atoms with Crippen LogP contribution in [-0.4, -0.2) is 34.2 Å². The third-order valence-corrected chi connectivity index (χ3v) is 2.17. The maximum absolute atomic E-state index is 9.63. The quantitative estimate of drug-likeness (QED) is 0.782. The van der Waals surface area contributed by atoms with Gasteiger partial charge in [0.1, 0.15) is 11.8 Å². The summed E-state index contributed by atoms with van der Waals surface area (Å²) < 4.78 is 4.97. The number of aliphatic hydroxyl groups is 1. The van der Waals surface area contributed by atoms with Gasteiger partial charge < -0.3 is 9.84 Å². The number of hydrogen-bond donors (Lipinski definition) is 1. The molecular formula is C8H12N2O2S. The van der Waals surface area contributed by atoms with Gasteiger partial charge in [-0.15, -0.1) is 0 Å². The van der Waals surface area contributed by atoms with Gasteiger partial charge in [0.25, 0.3) is 0 Å². The Balaban J connectivity index is 2.85. The van der Waals surface area contributed by atoms with E-state index in [9.17, 15) is 5.11 Å². The Morgan fingerprint density at radius 1 is 1.54 bits per heavy atom. The molecule has 0 fully saturated rings. The van der Waals surface area contributed by atoms with Crippen molar-refractivity contribution in [2.75, 3.05) is 19.1 Å². The second kappa shape index (κ2) is 5.04. The van der Waals surface area contributed by atoms with Crippen molar-refractivity contribution in [1.29, 1.82) is 0 Å². The highest BCUT2D eigenvalue weighted by Gasteiger charge is 2.14. The highest BCUT2D eigenvalue weighted by Crippen LogP contribution is 2.21. The highest BCUT2D eigenvalue weighted by atomic mass is 32.2. The number of ether oxygens (including phenoxy) is 1. The van der Waals surface area contributed by atoms with Gasteiger partial charge in [0.2, 0.25) is 5.88 Å². The smallest absolute Gasteiger partial charge is 0.238 e. The summed E-state index contributed by atoms with van der Waals surface area (Å²) in [6, 6.07) is 0. The number of aliphatic hydroxyl groups excluding tert-OH is 1. The van der Waals surface area contributed by atoms with E-state index >= 15 is 0 Å². The molecule has 0 spiro atoms. The lowest BCUT2D eigenvalue weighted by Crippen LogP contribution is -2.06. The van der Waals surface area contributed by atoms with Gasteiger partial charge in [0.05, 0.1) is 7.11 Å². The molecule has 0 bridgehead atoms. The first kappa shape index (κ1) is 10.3. The molecule has 13 heavy (non-hydrogen) atoms. The van der Waals surface area contributed by atoms with Gasteiger partial charge in [-0.25, -0.2) is 4.98 Å². The second-order valence-corrected chi connectivity index (χ2v) is 3.33. The van der Waals surface area contributed by atoms with Crippen LogP contribution in [0.25, 0.3) is 0 Å². The first-order chi connectivity index (χ1) is 6.29. The normalized spacial score (nSPS) is 12.5. The predicted molar refractivity (Wildman–Crippen MR) is 51.9 cm³/mol. The Bertz CT molecular complexity index is 270. The molecule has 1 N–H and O–H groups in total. The first-order valence-corrected chi connectivity index (χ1v) is 5.21. The van der Waals surface area contributed by atoms with Crippen molar-refractivity contribution in [2.24, 2.45) is 0 Å². The number of rotatable bonds is 4. The van der Waals surface area contributed by atoms with E-state index in [2.05, 4.69) is 9.97 Å². The SMILES string of the molecule is COc1nccnc1C(O)CSC. The fourth-order valence-electron chi connectivity index (χ4n) is 0.959. The predicted octanol–water partition coefficient (Wildman–Crippen LogP) is 0.882. The molecule has 5 heteroatoms. The molecule has 1 aromatic rings.